The Morgan fingerprint density at radius 1 is 1.43 bits per heavy atom. The third-order valence-corrected chi connectivity index (χ3v) is 2.48. The molecule has 0 aliphatic carbocycles. The van der Waals surface area contributed by atoms with E-state index in [9.17, 15) is 0 Å². The zero-order chi connectivity index (χ0) is 10.4. The Morgan fingerprint density at radius 3 is 2.57 bits per heavy atom. The minimum Gasteiger partial charge on any atom is -0.197 e. The fourth-order valence-corrected chi connectivity index (χ4v) is 1.25. The van der Waals surface area contributed by atoms with Crippen molar-refractivity contribution in [3.63, 3.8) is 0 Å². The summed E-state index contributed by atoms with van der Waals surface area (Å²) < 4.78 is 0. The maximum Gasteiger partial charge on any atom is 0.0728 e. The van der Waals surface area contributed by atoms with Gasteiger partial charge in [0.2, 0.25) is 0 Å². The number of nitriles is 1. The van der Waals surface area contributed by atoms with Gasteiger partial charge in [0.15, 0.2) is 0 Å². The highest BCUT2D eigenvalue weighted by Crippen LogP contribution is 2.23. The molecule has 14 heavy (non-hydrogen) atoms. The van der Waals surface area contributed by atoms with E-state index in [1.807, 2.05) is 25.1 Å². The smallest absolute Gasteiger partial charge is 0.0728 e. The van der Waals surface area contributed by atoms with E-state index in [4.69, 9.17) is 5.26 Å². The molecule has 0 spiro atoms. The molecule has 0 fully saturated rings. The molecule has 0 saturated heterocycles. The maximum absolute atomic E-state index is 8.94. The second-order valence-electron chi connectivity index (χ2n) is 3.72. The summed E-state index contributed by atoms with van der Waals surface area (Å²) in [5, 5.41) is 8.94. The highest BCUT2D eigenvalue weighted by molar-refractivity contribution is 5.17. The molecule has 0 N–H and O–H groups in total. The van der Waals surface area contributed by atoms with E-state index in [0.29, 0.717) is 0 Å². The van der Waals surface area contributed by atoms with E-state index in [1.54, 1.807) is 6.08 Å². The van der Waals surface area contributed by atoms with Crippen LogP contribution >= 0.6 is 0 Å². The minimum atomic E-state index is -0.393. The lowest BCUT2D eigenvalue weighted by atomic mass is 9.86. The number of aryl methyl sites for hydroxylation is 1. The van der Waals surface area contributed by atoms with Crippen molar-refractivity contribution >= 4 is 0 Å². The predicted octanol–water partition coefficient (Wildman–Crippen LogP) is 3.34. The molecule has 0 aromatic heterocycles. The molecule has 0 aliphatic heterocycles. The lowest BCUT2D eigenvalue weighted by molar-refractivity contribution is 0.515. The van der Waals surface area contributed by atoms with E-state index in [-0.39, 0.29) is 0 Å². The van der Waals surface area contributed by atoms with Crippen molar-refractivity contribution in [1.82, 2.24) is 0 Å². The SMILES string of the molecule is C=CC(C)(C#N)CCc1ccccc1. The van der Waals surface area contributed by atoms with Crippen molar-refractivity contribution in [2.45, 2.75) is 19.8 Å². The molecule has 1 aromatic rings. The Bertz CT molecular complexity index is 334. The summed E-state index contributed by atoms with van der Waals surface area (Å²) in [6.45, 7) is 5.61. The van der Waals surface area contributed by atoms with E-state index < -0.39 is 5.41 Å². The molecule has 1 aromatic carbocycles. The summed E-state index contributed by atoms with van der Waals surface area (Å²) in [5.41, 5.74) is 0.881. The van der Waals surface area contributed by atoms with E-state index in [1.165, 1.54) is 5.56 Å². The Kier molecular flexibility index (Phi) is 3.48. The molecular weight excluding hydrogens is 170 g/mol. The number of rotatable bonds is 4. The first-order valence-corrected chi connectivity index (χ1v) is 4.79. The zero-order valence-electron chi connectivity index (χ0n) is 8.53. The van der Waals surface area contributed by atoms with Gasteiger partial charge < -0.3 is 0 Å². The largest absolute Gasteiger partial charge is 0.197 e. The van der Waals surface area contributed by atoms with Crippen molar-refractivity contribution in [2.75, 3.05) is 0 Å². The standard InChI is InChI=1S/C13H15N/c1-3-13(2,11-14)10-9-12-7-5-4-6-8-12/h3-8H,1,9-10H2,2H3. The minimum absolute atomic E-state index is 0.393. The van der Waals surface area contributed by atoms with Crippen LogP contribution in [-0.4, -0.2) is 0 Å². The van der Waals surface area contributed by atoms with Crippen LogP contribution in [0.15, 0.2) is 43.0 Å². The number of benzene rings is 1. The van der Waals surface area contributed by atoms with Crippen LogP contribution in [0.3, 0.4) is 0 Å². The quantitative estimate of drug-likeness (QED) is 0.660. The Balaban J connectivity index is 2.57. The number of nitrogens with zero attached hydrogens (tertiary/aromatic N) is 1. The first kappa shape index (κ1) is 10.5. The molecule has 0 bridgehead atoms. The van der Waals surface area contributed by atoms with Gasteiger partial charge in [0.25, 0.3) is 0 Å². The molecule has 0 radical (unpaired) electrons. The maximum atomic E-state index is 8.94. The van der Waals surface area contributed by atoms with Crippen molar-refractivity contribution in [1.29, 1.82) is 5.26 Å². The van der Waals surface area contributed by atoms with Gasteiger partial charge in [-0.15, -0.1) is 6.58 Å². The summed E-state index contributed by atoms with van der Waals surface area (Å²) >= 11 is 0. The van der Waals surface area contributed by atoms with E-state index in [2.05, 4.69) is 24.8 Å². The molecule has 0 amide bonds. The van der Waals surface area contributed by atoms with Crippen molar-refractivity contribution in [2.24, 2.45) is 5.41 Å². The number of hydrogen-bond donors (Lipinski definition) is 0. The molecule has 1 atom stereocenters. The highest BCUT2D eigenvalue weighted by Gasteiger charge is 2.18. The van der Waals surface area contributed by atoms with Crippen molar-refractivity contribution < 1.29 is 0 Å². The molecule has 1 unspecified atom stereocenters. The van der Waals surface area contributed by atoms with Crippen LogP contribution in [0.2, 0.25) is 0 Å². The van der Waals surface area contributed by atoms with Crippen LogP contribution in [0.5, 0.6) is 0 Å². The number of allylic oxidation sites excluding steroid dienone is 1. The molecule has 1 rings (SSSR count). The van der Waals surface area contributed by atoms with Gasteiger partial charge in [0.1, 0.15) is 0 Å². The van der Waals surface area contributed by atoms with Crippen molar-refractivity contribution in [3.8, 4) is 6.07 Å². The van der Waals surface area contributed by atoms with Gasteiger partial charge in [-0.1, -0.05) is 36.4 Å². The van der Waals surface area contributed by atoms with Gasteiger partial charge >= 0.3 is 0 Å². The summed E-state index contributed by atoms with van der Waals surface area (Å²) in [6, 6.07) is 12.5. The van der Waals surface area contributed by atoms with Crippen LogP contribution in [0.1, 0.15) is 18.9 Å². The van der Waals surface area contributed by atoms with Gasteiger partial charge in [-0.05, 0) is 25.3 Å². The lowest BCUT2D eigenvalue weighted by Crippen LogP contribution is -2.10. The molecule has 1 heteroatoms. The Morgan fingerprint density at radius 2 is 2.07 bits per heavy atom. The predicted molar refractivity (Wildman–Crippen MR) is 58.7 cm³/mol. The van der Waals surface area contributed by atoms with Crippen LogP contribution in [0.4, 0.5) is 0 Å². The van der Waals surface area contributed by atoms with E-state index in [0.717, 1.165) is 12.8 Å². The zero-order valence-corrected chi connectivity index (χ0v) is 8.53. The first-order chi connectivity index (χ1) is 6.70. The Hall–Kier alpha value is -1.55. The Labute approximate surface area is 85.7 Å². The molecule has 0 saturated carbocycles. The summed E-state index contributed by atoms with van der Waals surface area (Å²) in [4.78, 5) is 0. The molecule has 1 nitrogen and oxygen atoms in total. The molecule has 0 aliphatic rings. The van der Waals surface area contributed by atoms with Gasteiger partial charge in [-0.3, -0.25) is 0 Å². The average molecular weight is 185 g/mol. The van der Waals surface area contributed by atoms with Crippen LogP contribution in [0.25, 0.3) is 0 Å². The molecular formula is C13H15N. The second-order valence-corrected chi connectivity index (χ2v) is 3.72. The van der Waals surface area contributed by atoms with E-state index >= 15 is 0 Å². The topological polar surface area (TPSA) is 23.8 Å². The third-order valence-electron chi connectivity index (χ3n) is 2.48. The summed E-state index contributed by atoms with van der Waals surface area (Å²) in [7, 11) is 0. The van der Waals surface area contributed by atoms with Crippen LogP contribution in [0, 0.1) is 16.7 Å². The van der Waals surface area contributed by atoms with Crippen molar-refractivity contribution in [3.05, 3.63) is 48.6 Å². The van der Waals surface area contributed by atoms with Gasteiger partial charge in [-0.2, -0.15) is 5.26 Å². The lowest BCUT2D eigenvalue weighted by Gasteiger charge is -2.15. The monoisotopic (exact) mass is 185 g/mol. The van der Waals surface area contributed by atoms with Gasteiger partial charge in [0.05, 0.1) is 11.5 Å². The fourth-order valence-electron chi connectivity index (χ4n) is 1.25. The molecule has 0 heterocycles. The fraction of sp³-hybridized carbons (Fsp3) is 0.308. The second kappa shape index (κ2) is 4.62. The van der Waals surface area contributed by atoms with Crippen LogP contribution < -0.4 is 0 Å². The normalized spacial score (nSPS) is 14.0. The summed E-state index contributed by atoms with van der Waals surface area (Å²) in [6.07, 6.45) is 3.49. The first-order valence-electron chi connectivity index (χ1n) is 4.79. The average Bonchev–Trinajstić information content (AvgIpc) is 2.27. The van der Waals surface area contributed by atoms with Gasteiger partial charge in [-0.25, -0.2) is 0 Å². The number of hydrogen-bond acceptors (Lipinski definition) is 1. The third kappa shape index (κ3) is 2.74. The highest BCUT2D eigenvalue weighted by atomic mass is 14.3. The molecule has 72 valence electrons. The summed E-state index contributed by atoms with van der Waals surface area (Å²) in [5.74, 6) is 0. The van der Waals surface area contributed by atoms with Crippen LogP contribution in [-0.2, 0) is 6.42 Å². The van der Waals surface area contributed by atoms with Gasteiger partial charge in [0, 0.05) is 0 Å².